The van der Waals surface area contributed by atoms with E-state index in [1.807, 2.05) is 0 Å². The van der Waals surface area contributed by atoms with E-state index in [0.29, 0.717) is 5.41 Å². The van der Waals surface area contributed by atoms with Gasteiger partial charge in [0, 0.05) is 19.6 Å². The Labute approximate surface area is 120 Å². The van der Waals surface area contributed by atoms with Gasteiger partial charge in [0.1, 0.15) is 0 Å². The van der Waals surface area contributed by atoms with Crippen LogP contribution in [0.15, 0.2) is 0 Å². The van der Waals surface area contributed by atoms with Crippen LogP contribution in [0.2, 0.25) is 0 Å². The van der Waals surface area contributed by atoms with Gasteiger partial charge in [0.2, 0.25) is 0 Å². The van der Waals surface area contributed by atoms with E-state index >= 15 is 0 Å². The molecule has 0 bridgehead atoms. The van der Waals surface area contributed by atoms with Gasteiger partial charge in [-0.2, -0.15) is 0 Å². The Balaban J connectivity index is 1.81. The first-order valence-corrected chi connectivity index (χ1v) is 8.57. The molecule has 0 aromatic heterocycles. The number of rotatable bonds is 6. The summed E-state index contributed by atoms with van der Waals surface area (Å²) in [5, 5.41) is 3.46. The van der Waals surface area contributed by atoms with Crippen molar-refractivity contribution in [2.75, 3.05) is 33.7 Å². The van der Waals surface area contributed by atoms with Gasteiger partial charge < -0.3 is 10.2 Å². The molecule has 2 saturated carbocycles. The molecule has 2 fully saturated rings. The molecule has 2 heteroatoms. The number of hydrogen-bond donors (Lipinski definition) is 1. The minimum Gasteiger partial charge on any atom is -0.319 e. The Bertz CT molecular complexity index is 234. The maximum absolute atomic E-state index is 3.46. The topological polar surface area (TPSA) is 15.3 Å². The van der Waals surface area contributed by atoms with Gasteiger partial charge in [0.15, 0.2) is 0 Å². The summed E-state index contributed by atoms with van der Waals surface area (Å²) in [6.45, 7) is 3.86. The van der Waals surface area contributed by atoms with Crippen molar-refractivity contribution in [1.82, 2.24) is 10.2 Å². The first kappa shape index (κ1) is 15.3. The highest BCUT2D eigenvalue weighted by Gasteiger charge is 2.32. The van der Waals surface area contributed by atoms with Crippen LogP contribution < -0.4 is 5.32 Å². The molecule has 0 amide bonds. The number of nitrogens with one attached hydrogen (secondary N) is 1. The van der Waals surface area contributed by atoms with Gasteiger partial charge in [-0.15, -0.1) is 0 Å². The van der Waals surface area contributed by atoms with E-state index < -0.39 is 0 Å². The van der Waals surface area contributed by atoms with Gasteiger partial charge in [0.05, 0.1) is 0 Å². The molecule has 112 valence electrons. The lowest BCUT2D eigenvalue weighted by Gasteiger charge is -2.41. The van der Waals surface area contributed by atoms with Crippen molar-refractivity contribution in [1.29, 1.82) is 0 Å². The summed E-state index contributed by atoms with van der Waals surface area (Å²) in [6.07, 6.45) is 14.6. The summed E-state index contributed by atoms with van der Waals surface area (Å²) in [5.74, 6) is 0.981. The van der Waals surface area contributed by atoms with E-state index in [9.17, 15) is 0 Å². The zero-order chi connectivity index (χ0) is 13.6. The molecule has 0 spiro atoms. The van der Waals surface area contributed by atoms with Crippen LogP contribution in [0.3, 0.4) is 0 Å². The van der Waals surface area contributed by atoms with Crippen LogP contribution >= 0.6 is 0 Å². The fourth-order valence-corrected chi connectivity index (χ4v) is 4.52. The van der Waals surface area contributed by atoms with Crippen molar-refractivity contribution in [3.05, 3.63) is 0 Å². The van der Waals surface area contributed by atoms with Crippen LogP contribution in [0.25, 0.3) is 0 Å². The lowest BCUT2D eigenvalue weighted by atomic mass is 9.73. The Kier molecular flexibility index (Phi) is 6.15. The fraction of sp³-hybridized carbons (Fsp3) is 1.00. The normalized spacial score (nSPS) is 24.8. The fourth-order valence-electron chi connectivity index (χ4n) is 4.52. The number of nitrogens with zero attached hydrogens (tertiary/aromatic N) is 1. The quantitative estimate of drug-likeness (QED) is 0.789. The maximum Gasteiger partial charge on any atom is 0.00472 e. The minimum atomic E-state index is 0.566. The summed E-state index contributed by atoms with van der Waals surface area (Å²) < 4.78 is 0. The summed E-state index contributed by atoms with van der Waals surface area (Å²) in [4.78, 5) is 2.65. The lowest BCUT2D eigenvalue weighted by molar-refractivity contribution is 0.104. The summed E-state index contributed by atoms with van der Waals surface area (Å²) >= 11 is 0. The maximum atomic E-state index is 3.46. The zero-order valence-electron chi connectivity index (χ0n) is 13.2. The minimum absolute atomic E-state index is 0.566. The molecule has 0 saturated heterocycles. The monoisotopic (exact) mass is 266 g/mol. The molecule has 0 heterocycles. The van der Waals surface area contributed by atoms with E-state index in [1.54, 1.807) is 0 Å². The number of hydrogen-bond acceptors (Lipinski definition) is 2. The molecule has 0 aromatic carbocycles. The van der Waals surface area contributed by atoms with Gasteiger partial charge in [-0.1, -0.05) is 38.5 Å². The van der Waals surface area contributed by atoms with Gasteiger partial charge in [-0.3, -0.25) is 0 Å². The third kappa shape index (κ3) is 4.75. The third-order valence-corrected chi connectivity index (χ3v) is 5.37. The molecule has 0 radical (unpaired) electrons. The van der Waals surface area contributed by atoms with Crippen molar-refractivity contribution < 1.29 is 0 Å². The second-order valence-corrected chi connectivity index (χ2v) is 7.29. The van der Waals surface area contributed by atoms with Gasteiger partial charge in [-0.25, -0.2) is 0 Å². The molecule has 2 nitrogen and oxygen atoms in total. The van der Waals surface area contributed by atoms with Crippen LogP contribution in [-0.4, -0.2) is 38.6 Å². The van der Waals surface area contributed by atoms with Crippen molar-refractivity contribution in [2.45, 2.75) is 64.2 Å². The van der Waals surface area contributed by atoms with E-state index in [0.717, 1.165) is 5.92 Å². The first-order valence-electron chi connectivity index (χ1n) is 8.57. The predicted molar refractivity (Wildman–Crippen MR) is 83.5 cm³/mol. The molecule has 2 aliphatic carbocycles. The third-order valence-electron chi connectivity index (χ3n) is 5.37. The first-order chi connectivity index (χ1) is 9.24. The van der Waals surface area contributed by atoms with E-state index in [4.69, 9.17) is 0 Å². The molecule has 2 aliphatic rings. The summed E-state index contributed by atoms with van der Waals surface area (Å²) in [5.41, 5.74) is 0.566. The molecule has 1 N–H and O–H groups in total. The Morgan fingerprint density at radius 3 is 2.26 bits per heavy atom. The van der Waals surface area contributed by atoms with Crippen LogP contribution in [0.5, 0.6) is 0 Å². The SMILES string of the molecule is CNCC1(CN(C)CC2CCCCC2)CCCCC1. The lowest BCUT2D eigenvalue weighted by Crippen LogP contribution is -2.44. The molecule has 0 atom stereocenters. The van der Waals surface area contributed by atoms with E-state index in [2.05, 4.69) is 24.3 Å². The summed E-state index contributed by atoms with van der Waals surface area (Å²) in [7, 11) is 4.48. The zero-order valence-corrected chi connectivity index (χ0v) is 13.2. The molecule has 0 aromatic rings. The van der Waals surface area contributed by atoms with Crippen LogP contribution in [0.1, 0.15) is 64.2 Å². The molecule has 0 unspecified atom stereocenters. The molecular formula is C17H34N2. The van der Waals surface area contributed by atoms with Crippen molar-refractivity contribution in [3.63, 3.8) is 0 Å². The van der Waals surface area contributed by atoms with E-state index in [-0.39, 0.29) is 0 Å². The van der Waals surface area contributed by atoms with Crippen LogP contribution in [0, 0.1) is 11.3 Å². The van der Waals surface area contributed by atoms with Gasteiger partial charge in [-0.05, 0) is 51.1 Å². The highest BCUT2D eigenvalue weighted by molar-refractivity contribution is 4.87. The highest BCUT2D eigenvalue weighted by atomic mass is 15.1. The Morgan fingerprint density at radius 1 is 1.00 bits per heavy atom. The standard InChI is InChI=1S/C17H34N2/c1-18-14-17(11-7-4-8-12-17)15-19(2)13-16-9-5-3-6-10-16/h16,18H,3-15H2,1-2H3. The van der Waals surface area contributed by atoms with Crippen molar-refractivity contribution in [2.24, 2.45) is 11.3 Å². The molecule has 0 aliphatic heterocycles. The largest absolute Gasteiger partial charge is 0.319 e. The van der Waals surface area contributed by atoms with E-state index in [1.165, 1.54) is 83.8 Å². The van der Waals surface area contributed by atoms with Crippen molar-refractivity contribution >= 4 is 0 Å². The van der Waals surface area contributed by atoms with Gasteiger partial charge >= 0.3 is 0 Å². The average Bonchev–Trinajstić information content (AvgIpc) is 2.40. The predicted octanol–water partition coefficient (Wildman–Crippen LogP) is 3.67. The average molecular weight is 266 g/mol. The van der Waals surface area contributed by atoms with Crippen LogP contribution in [0.4, 0.5) is 0 Å². The smallest absolute Gasteiger partial charge is 0.00472 e. The second-order valence-electron chi connectivity index (χ2n) is 7.29. The van der Waals surface area contributed by atoms with Crippen LogP contribution in [-0.2, 0) is 0 Å². The second kappa shape index (κ2) is 7.64. The molecule has 19 heavy (non-hydrogen) atoms. The highest BCUT2D eigenvalue weighted by Crippen LogP contribution is 2.36. The summed E-state index contributed by atoms with van der Waals surface area (Å²) in [6, 6.07) is 0. The van der Waals surface area contributed by atoms with Crippen molar-refractivity contribution in [3.8, 4) is 0 Å². The Hall–Kier alpha value is -0.0800. The molecular weight excluding hydrogens is 232 g/mol. The Morgan fingerprint density at radius 2 is 1.63 bits per heavy atom. The molecule has 2 rings (SSSR count). The van der Waals surface area contributed by atoms with Gasteiger partial charge in [0.25, 0.3) is 0 Å².